The van der Waals surface area contributed by atoms with Gasteiger partial charge in [0.2, 0.25) is 0 Å². The van der Waals surface area contributed by atoms with Gasteiger partial charge in [-0.05, 0) is 35.9 Å². The quantitative estimate of drug-likeness (QED) is 0.813. The van der Waals surface area contributed by atoms with Crippen LogP contribution < -0.4 is 5.73 Å². The van der Waals surface area contributed by atoms with Crippen molar-refractivity contribution >= 4 is 11.8 Å². The van der Waals surface area contributed by atoms with E-state index in [1.54, 1.807) is 12.1 Å². The molecule has 0 aliphatic rings. The Labute approximate surface area is 97.2 Å². The van der Waals surface area contributed by atoms with Crippen LogP contribution >= 0.6 is 11.8 Å². The molecule has 1 rings (SSSR count). The molecule has 0 bridgehead atoms. The molecule has 16 heavy (non-hydrogen) atoms. The Hall–Kier alpha value is -0.680. The molecule has 0 saturated carbocycles. The summed E-state index contributed by atoms with van der Waals surface area (Å²) in [5.41, 5.74) is 2.51. The first-order valence-corrected chi connectivity index (χ1v) is 5.85. The molecule has 0 fully saturated rings. The standard InChI is InChI=1S/C11H14F3NS/c1-2-3-10(15)8-4-6-9(7-5-8)16-11(12,13)14/h4-7,10H,2-3,15H2,1H3/t10-/m1/s1. The maximum atomic E-state index is 12.1. The van der Waals surface area contributed by atoms with Gasteiger partial charge in [0.15, 0.2) is 0 Å². The first-order chi connectivity index (χ1) is 7.42. The van der Waals surface area contributed by atoms with E-state index in [1.807, 2.05) is 6.92 Å². The van der Waals surface area contributed by atoms with Gasteiger partial charge < -0.3 is 5.73 Å². The Kier molecular flexibility index (Phi) is 4.68. The van der Waals surface area contributed by atoms with E-state index in [1.165, 1.54) is 12.1 Å². The van der Waals surface area contributed by atoms with Gasteiger partial charge in [-0.1, -0.05) is 25.5 Å². The number of alkyl halides is 3. The molecule has 0 aliphatic heterocycles. The highest BCUT2D eigenvalue weighted by molar-refractivity contribution is 8.00. The second kappa shape index (κ2) is 5.59. The Balaban J connectivity index is 2.68. The normalized spacial score (nSPS) is 13.8. The van der Waals surface area contributed by atoms with Crippen LogP contribution in [0, 0.1) is 0 Å². The minimum absolute atomic E-state index is 0.0880. The fraction of sp³-hybridized carbons (Fsp3) is 0.455. The highest BCUT2D eigenvalue weighted by Gasteiger charge is 2.29. The number of rotatable bonds is 4. The molecule has 1 aromatic carbocycles. The van der Waals surface area contributed by atoms with Crippen molar-refractivity contribution in [3.63, 3.8) is 0 Å². The van der Waals surface area contributed by atoms with Crippen molar-refractivity contribution in [2.45, 2.75) is 36.2 Å². The highest BCUT2D eigenvalue weighted by atomic mass is 32.2. The predicted octanol–water partition coefficient (Wildman–Crippen LogP) is 4.10. The topological polar surface area (TPSA) is 26.0 Å². The van der Waals surface area contributed by atoms with Gasteiger partial charge >= 0.3 is 5.51 Å². The van der Waals surface area contributed by atoms with Crippen LogP contribution in [-0.4, -0.2) is 5.51 Å². The maximum absolute atomic E-state index is 12.1. The molecule has 2 N–H and O–H groups in total. The van der Waals surface area contributed by atoms with Crippen LogP contribution in [0.25, 0.3) is 0 Å². The molecular formula is C11H14F3NS. The summed E-state index contributed by atoms with van der Waals surface area (Å²) in [4.78, 5) is 0.194. The summed E-state index contributed by atoms with van der Waals surface area (Å²) in [5, 5.41) is 0. The number of halogens is 3. The molecule has 0 spiro atoms. The first kappa shape index (κ1) is 13.4. The van der Waals surface area contributed by atoms with Gasteiger partial charge in [0, 0.05) is 10.9 Å². The Morgan fingerprint density at radius 3 is 2.25 bits per heavy atom. The molecule has 0 radical (unpaired) electrons. The molecule has 5 heteroatoms. The predicted molar refractivity (Wildman–Crippen MR) is 60.2 cm³/mol. The van der Waals surface area contributed by atoms with Crippen LogP contribution in [0.15, 0.2) is 29.2 Å². The largest absolute Gasteiger partial charge is 0.446 e. The van der Waals surface area contributed by atoms with Crippen LogP contribution in [0.5, 0.6) is 0 Å². The number of thioether (sulfide) groups is 1. The molecular weight excluding hydrogens is 235 g/mol. The van der Waals surface area contributed by atoms with E-state index >= 15 is 0 Å². The summed E-state index contributed by atoms with van der Waals surface area (Å²) in [6.07, 6.45) is 1.80. The van der Waals surface area contributed by atoms with Gasteiger partial charge in [-0.2, -0.15) is 13.2 Å². The third-order valence-electron chi connectivity index (χ3n) is 2.14. The molecule has 1 aromatic rings. The zero-order chi connectivity index (χ0) is 12.2. The van der Waals surface area contributed by atoms with E-state index in [9.17, 15) is 13.2 Å². The van der Waals surface area contributed by atoms with Crippen molar-refractivity contribution in [3.05, 3.63) is 29.8 Å². The maximum Gasteiger partial charge on any atom is 0.446 e. The fourth-order valence-electron chi connectivity index (χ4n) is 1.39. The van der Waals surface area contributed by atoms with Crippen LogP contribution in [0.3, 0.4) is 0 Å². The lowest BCUT2D eigenvalue weighted by molar-refractivity contribution is -0.0328. The average Bonchev–Trinajstić information content (AvgIpc) is 2.16. The summed E-state index contributed by atoms with van der Waals surface area (Å²) in [6.45, 7) is 2.02. The number of nitrogens with two attached hydrogens (primary N) is 1. The van der Waals surface area contributed by atoms with Gasteiger partial charge in [-0.3, -0.25) is 0 Å². The van der Waals surface area contributed by atoms with Gasteiger partial charge in [-0.25, -0.2) is 0 Å². The van der Waals surface area contributed by atoms with Gasteiger partial charge in [0.1, 0.15) is 0 Å². The van der Waals surface area contributed by atoms with Crippen molar-refractivity contribution in [3.8, 4) is 0 Å². The van der Waals surface area contributed by atoms with Crippen LogP contribution in [-0.2, 0) is 0 Å². The molecule has 0 saturated heterocycles. The summed E-state index contributed by atoms with van der Waals surface area (Å²) >= 11 is -0.106. The first-order valence-electron chi connectivity index (χ1n) is 5.03. The highest BCUT2D eigenvalue weighted by Crippen LogP contribution is 2.37. The fourth-order valence-corrected chi connectivity index (χ4v) is 1.93. The minimum Gasteiger partial charge on any atom is -0.324 e. The number of hydrogen-bond donors (Lipinski definition) is 1. The Morgan fingerprint density at radius 1 is 1.25 bits per heavy atom. The second-order valence-electron chi connectivity index (χ2n) is 3.51. The zero-order valence-corrected chi connectivity index (χ0v) is 9.74. The molecule has 0 amide bonds. The van der Waals surface area contributed by atoms with E-state index < -0.39 is 5.51 Å². The van der Waals surface area contributed by atoms with Crippen LogP contribution in [0.4, 0.5) is 13.2 Å². The molecule has 1 nitrogen and oxygen atoms in total. The monoisotopic (exact) mass is 249 g/mol. The smallest absolute Gasteiger partial charge is 0.324 e. The van der Waals surface area contributed by atoms with E-state index in [0.717, 1.165) is 18.4 Å². The van der Waals surface area contributed by atoms with E-state index in [0.29, 0.717) is 0 Å². The molecule has 1 atom stereocenters. The summed E-state index contributed by atoms with van der Waals surface area (Å²) in [6, 6.07) is 6.16. The molecule has 0 aliphatic carbocycles. The number of hydrogen-bond acceptors (Lipinski definition) is 2. The van der Waals surface area contributed by atoms with Crippen molar-refractivity contribution in [2.75, 3.05) is 0 Å². The third-order valence-corrected chi connectivity index (χ3v) is 2.88. The molecule has 90 valence electrons. The number of benzene rings is 1. The van der Waals surface area contributed by atoms with Crippen LogP contribution in [0.1, 0.15) is 31.4 Å². The summed E-state index contributed by atoms with van der Waals surface area (Å²) < 4.78 is 36.2. The van der Waals surface area contributed by atoms with Crippen LogP contribution in [0.2, 0.25) is 0 Å². The van der Waals surface area contributed by atoms with E-state index in [-0.39, 0.29) is 22.7 Å². The Morgan fingerprint density at radius 2 is 1.81 bits per heavy atom. The lowest BCUT2D eigenvalue weighted by Crippen LogP contribution is -2.09. The molecule has 0 aromatic heterocycles. The molecule has 0 unspecified atom stereocenters. The lowest BCUT2D eigenvalue weighted by atomic mass is 10.0. The van der Waals surface area contributed by atoms with E-state index in [4.69, 9.17) is 5.73 Å². The third kappa shape index (κ3) is 4.45. The molecule has 0 heterocycles. The van der Waals surface area contributed by atoms with E-state index in [2.05, 4.69) is 0 Å². The van der Waals surface area contributed by atoms with Crippen molar-refractivity contribution in [1.82, 2.24) is 0 Å². The summed E-state index contributed by atoms with van der Waals surface area (Å²) in [5.74, 6) is 0. The lowest BCUT2D eigenvalue weighted by Gasteiger charge is -2.11. The van der Waals surface area contributed by atoms with Crippen molar-refractivity contribution in [1.29, 1.82) is 0 Å². The average molecular weight is 249 g/mol. The zero-order valence-electron chi connectivity index (χ0n) is 8.92. The summed E-state index contributed by atoms with van der Waals surface area (Å²) in [7, 11) is 0. The van der Waals surface area contributed by atoms with Crippen molar-refractivity contribution in [2.24, 2.45) is 5.73 Å². The second-order valence-corrected chi connectivity index (χ2v) is 4.65. The van der Waals surface area contributed by atoms with Gasteiger partial charge in [0.25, 0.3) is 0 Å². The Bertz CT molecular complexity index is 321. The van der Waals surface area contributed by atoms with Gasteiger partial charge in [0.05, 0.1) is 0 Å². The van der Waals surface area contributed by atoms with Crippen molar-refractivity contribution < 1.29 is 13.2 Å². The SMILES string of the molecule is CCC[C@@H](N)c1ccc(SC(F)(F)F)cc1. The minimum atomic E-state index is -4.23. The van der Waals surface area contributed by atoms with Gasteiger partial charge in [-0.15, -0.1) is 0 Å².